The van der Waals surface area contributed by atoms with Crippen LogP contribution in [-0.4, -0.2) is 59.0 Å². The van der Waals surface area contributed by atoms with Gasteiger partial charge >= 0.3 is 0 Å². The summed E-state index contributed by atoms with van der Waals surface area (Å²) < 4.78 is 27.1. The number of nitrogen functional groups attached to an aromatic ring is 1. The van der Waals surface area contributed by atoms with Gasteiger partial charge in [0.15, 0.2) is 0 Å². The Labute approximate surface area is 212 Å². The third-order valence-corrected chi connectivity index (χ3v) is 8.25. The van der Waals surface area contributed by atoms with Gasteiger partial charge in [0.05, 0.1) is 22.7 Å². The highest BCUT2D eigenvalue weighted by atomic mass is 32.1. The molecule has 3 aromatic heterocycles. The number of carbonyl (C=O) groups excluding carboxylic acids is 1. The number of carbonyl (C=O) groups is 1. The van der Waals surface area contributed by atoms with Gasteiger partial charge in [-0.2, -0.15) is 0 Å². The van der Waals surface area contributed by atoms with Gasteiger partial charge in [0.25, 0.3) is 5.91 Å². The first-order valence-corrected chi connectivity index (χ1v) is 13.2. The number of anilines is 2. The summed E-state index contributed by atoms with van der Waals surface area (Å²) in [6.45, 7) is 7.10. The van der Waals surface area contributed by atoms with Crippen LogP contribution in [0.5, 0.6) is 0 Å². The van der Waals surface area contributed by atoms with Crippen molar-refractivity contribution in [2.75, 3.05) is 30.3 Å². The first-order valence-electron chi connectivity index (χ1n) is 12.3. The Hall–Kier alpha value is -2.92. The molecule has 1 aliphatic carbocycles. The molecule has 0 saturated carbocycles. The molecule has 1 aliphatic heterocycles. The highest BCUT2D eigenvalue weighted by Crippen LogP contribution is 2.34. The number of fused-ring (bicyclic) bond motifs is 2. The Morgan fingerprint density at radius 3 is 2.81 bits per heavy atom. The highest BCUT2D eigenvalue weighted by Gasteiger charge is 2.39. The summed E-state index contributed by atoms with van der Waals surface area (Å²) in [7, 11) is 0. The second-order valence-corrected chi connectivity index (χ2v) is 10.6. The number of nitrogens with one attached hydrogen (secondary N) is 2. The number of hydrogen-bond acceptors (Lipinski definition) is 8. The first kappa shape index (κ1) is 24.8. The second-order valence-electron chi connectivity index (χ2n) is 9.64. The van der Waals surface area contributed by atoms with Crippen LogP contribution in [0, 0.1) is 19.8 Å². The first-order chi connectivity index (χ1) is 17.2. The molecule has 4 N–H and O–H groups in total. The molecule has 5 rings (SSSR count). The molecule has 3 atom stereocenters. The molecule has 1 amide bonds. The van der Waals surface area contributed by atoms with Gasteiger partial charge in [0, 0.05) is 30.9 Å². The monoisotopic (exact) mass is 515 g/mol. The van der Waals surface area contributed by atoms with Crippen LogP contribution >= 0.6 is 11.3 Å². The molecule has 0 aromatic carbocycles. The van der Waals surface area contributed by atoms with E-state index < -0.39 is 12.3 Å². The molecule has 0 radical (unpaired) electrons. The summed E-state index contributed by atoms with van der Waals surface area (Å²) in [6.07, 6.45) is -0.243. The number of pyridine rings is 1. The molecular formula is C25H31F2N7OS. The lowest BCUT2D eigenvalue weighted by molar-refractivity contribution is 0.0743. The van der Waals surface area contributed by atoms with Gasteiger partial charge in [-0.3, -0.25) is 4.79 Å². The Morgan fingerprint density at radius 1 is 1.25 bits per heavy atom. The zero-order chi connectivity index (χ0) is 25.6. The lowest BCUT2D eigenvalue weighted by Crippen LogP contribution is -2.39. The Morgan fingerprint density at radius 2 is 2.06 bits per heavy atom. The number of aryl methyl sites for hydroxylation is 3. The van der Waals surface area contributed by atoms with E-state index >= 15 is 0 Å². The predicted molar refractivity (Wildman–Crippen MR) is 138 cm³/mol. The van der Waals surface area contributed by atoms with E-state index in [1.54, 1.807) is 0 Å². The average Bonchev–Trinajstić information content (AvgIpc) is 3.40. The molecule has 11 heteroatoms. The molecule has 192 valence electrons. The van der Waals surface area contributed by atoms with Gasteiger partial charge in [0.1, 0.15) is 21.3 Å². The normalized spacial score (nSPS) is 21.8. The van der Waals surface area contributed by atoms with Crippen LogP contribution in [0.25, 0.3) is 10.2 Å². The fourth-order valence-electron chi connectivity index (χ4n) is 5.40. The molecule has 36 heavy (non-hydrogen) atoms. The molecular weight excluding hydrogens is 484 g/mol. The molecule has 1 fully saturated rings. The number of thiophene rings is 1. The maximum atomic E-state index is 13.5. The topological polar surface area (TPSA) is 109 Å². The molecule has 8 nitrogen and oxygen atoms in total. The van der Waals surface area contributed by atoms with Crippen LogP contribution < -0.4 is 21.3 Å². The van der Waals surface area contributed by atoms with Crippen molar-refractivity contribution in [1.82, 2.24) is 25.6 Å². The summed E-state index contributed by atoms with van der Waals surface area (Å²) in [5.41, 5.74) is 9.56. The maximum Gasteiger partial charge on any atom is 0.263 e. The SMILES string of the molecule is CCNC1CN(c2ccc3c(n2)CCC(NC(=O)c2sc4nc(C)nc(C)c4c2N)C3)CC1C(F)F. The van der Waals surface area contributed by atoms with E-state index in [-0.39, 0.29) is 18.0 Å². The lowest BCUT2D eigenvalue weighted by Gasteiger charge is -2.26. The summed E-state index contributed by atoms with van der Waals surface area (Å²) >= 11 is 1.29. The van der Waals surface area contributed by atoms with E-state index in [0.29, 0.717) is 48.9 Å². The van der Waals surface area contributed by atoms with Crippen LogP contribution in [0.15, 0.2) is 12.1 Å². The van der Waals surface area contributed by atoms with E-state index in [1.807, 2.05) is 37.8 Å². The summed E-state index contributed by atoms with van der Waals surface area (Å²) in [5.74, 6) is 0.490. The minimum atomic E-state index is -2.36. The van der Waals surface area contributed by atoms with Crippen molar-refractivity contribution in [3.63, 3.8) is 0 Å². The molecule has 0 bridgehead atoms. The molecule has 2 aliphatic rings. The summed E-state index contributed by atoms with van der Waals surface area (Å²) in [5, 5.41) is 7.07. The van der Waals surface area contributed by atoms with Crippen LogP contribution in [0.4, 0.5) is 20.3 Å². The smallest absolute Gasteiger partial charge is 0.263 e. The van der Waals surface area contributed by atoms with Crippen LogP contribution in [0.3, 0.4) is 0 Å². The number of alkyl halides is 2. The number of amides is 1. The third kappa shape index (κ3) is 4.61. The maximum absolute atomic E-state index is 13.5. The van der Waals surface area contributed by atoms with Gasteiger partial charge < -0.3 is 21.3 Å². The largest absolute Gasteiger partial charge is 0.397 e. The number of nitrogens with zero attached hydrogens (tertiary/aromatic N) is 4. The van der Waals surface area contributed by atoms with E-state index in [0.717, 1.165) is 39.4 Å². The number of aromatic nitrogens is 3. The Balaban J connectivity index is 1.28. The zero-order valence-corrected chi connectivity index (χ0v) is 21.5. The van der Waals surface area contributed by atoms with Crippen molar-refractivity contribution < 1.29 is 13.6 Å². The van der Waals surface area contributed by atoms with Crippen molar-refractivity contribution in [3.8, 4) is 0 Å². The van der Waals surface area contributed by atoms with Gasteiger partial charge in [-0.15, -0.1) is 11.3 Å². The van der Waals surface area contributed by atoms with E-state index in [4.69, 9.17) is 10.7 Å². The molecule has 1 saturated heterocycles. The highest BCUT2D eigenvalue weighted by molar-refractivity contribution is 7.21. The van der Waals surface area contributed by atoms with Crippen molar-refractivity contribution in [1.29, 1.82) is 0 Å². The number of likely N-dealkylation sites (N-methyl/N-ethyl adjacent to an activating group) is 1. The standard InChI is InChI=1S/C25H31F2N7OS/c1-4-29-18-11-34(10-16(18)23(26)27)19-8-5-14-9-15(6-7-17(14)33-19)32-24(35)22-21(28)20-12(2)30-13(3)31-25(20)36-22/h5,8,15-16,18,23,29H,4,6-7,9-11,28H2,1-3H3,(H,32,35). The quantitative estimate of drug-likeness (QED) is 0.462. The summed E-state index contributed by atoms with van der Waals surface area (Å²) in [4.78, 5) is 29.9. The molecule has 3 unspecified atom stereocenters. The van der Waals surface area contributed by atoms with Crippen molar-refractivity contribution in [3.05, 3.63) is 39.8 Å². The number of rotatable bonds is 6. The lowest BCUT2D eigenvalue weighted by atomic mass is 9.91. The van der Waals surface area contributed by atoms with Crippen molar-refractivity contribution in [2.24, 2.45) is 5.92 Å². The van der Waals surface area contributed by atoms with Crippen LogP contribution in [0.1, 0.15) is 45.8 Å². The fourth-order valence-corrected chi connectivity index (χ4v) is 6.49. The van der Waals surface area contributed by atoms with Crippen molar-refractivity contribution in [2.45, 2.75) is 58.5 Å². The van der Waals surface area contributed by atoms with Crippen LogP contribution in [-0.2, 0) is 12.8 Å². The van der Waals surface area contributed by atoms with E-state index in [9.17, 15) is 13.6 Å². The molecule has 4 heterocycles. The van der Waals surface area contributed by atoms with Gasteiger partial charge in [0.2, 0.25) is 6.43 Å². The van der Waals surface area contributed by atoms with E-state index in [1.165, 1.54) is 11.3 Å². The van der Waals surface area contributed by atoms with Gasteiger partial charge in [-0.25, -0.2) is 23.7 Å². The number of hydrogen-bond donors (Lipinski definition) is 3. The average molecular weight is 516 g/mol. The third-order valence-electron chi connectivity index (χ3n) is 7.15. The second kappa shape index (κ2) is 9.85. The summed E-state index contributed by atoms with van der Waals surface area (Å²) in [6, 6.07) is 3.65. The van der Waals surface area contributed by atoms with Gasteiger partial charge in [-0.1, -0.05) is 13.0 Å². The van der Waals surface area contributed by atoms with Crippen LogP contribution in [0.2, 0.25) is 0 Å². The minimum Gasteiger partial charge on any atom is -0.397 e. The molecule has 0 spiro atoms. The fraction of sp³-hybridized carbons (Fsp3) is 0.520. The van der Waals surface area contributed by atoms with E-state index in [2.05, 4.69) is 20.6 Å². The Bertz CT molecular complexity index is 1300. The number of nitrogens with two attached hydrogens (primary N) is 1. The van der Waals surface area contributed by atoms with Crippen molar-refractivity contribution >= 4 is 39.0 Å². The Kier molecular flexibility index (Phi) is 6.78. The minimum absolute atomic E-state index is 0.0377. The van der Waals surface area contributed by atoms with Gasteiger partial charge in [-0.05, 0) is 51.3 Å². The zero-order valence-electron chi connectivity index (χ0n) is 20.6. The molecule has 3 aromatic rings. The number of halogens is 2. The predicted octanol–water partition coefficient (Wildman–Crippen LogP) is 3.25.